The lowest BCUT2D eigenvalue weighted by Crippen LogP contribution is -2.51. The van der Waals surface area contributed by atoms with Gasteiger partial charge in [-0.15, -0.1) is 11.3 Å². The van der Waals surface area contributed by atoms with Crippen molar-refractivity contribution < 1.29 is 5.11 Å². The van der Waals surface area contributed by atoms with Gasteiger partial charge < -0.3 is 10.0 Å². The second kappa shape index (κ2) is 7.33. The molecular formula is C17H23N3OS. The van der Waals surface area contributed by atoms with Crippen molar-refractivity contribution in [2.24, 2.45) is 0 Å². The molecule has 22 heavy (non-hydrogen) atoms. The van der Waals surface area contributed by atoms with Crippen LogP contribution in [-0.2, 0) is 6.54 Å². The zero-order valence-corrected chi connectivity index (χ0v) is 13.8. The fraction of sp³-hybridized carbons (Fsp3) is 0.471. The van der Waals surface area contributed by atoms with E-state index >= 15 is 0 Å². The van der Waals surface area contributed by atoms with Crippen LogP contribution in [0.1, 0.15) is 11.3 Å². The van der Waals surface area contributed by atoms with Crippen LogP contribution in [0.4, 0.5) is 0 Å². The average molecular weight is 317 g/mol. The number of benzene rings is 1. The summed E-state index contributed by atoms with van der Waals surface area (Å²) in [6.07, 6.45) is 2.86. The number of hydrogen-bond donors (Lipinski definition) is 1. The molecule has 0 aliphatic carbocycles. The maximum Gasteiger partial charge on any atom is 0.123 e. The van der Waals surface area contributed by atoms with Crippen LogP contribution in [0, 0.1) is 0 Å². The van der Waals surface area contributed by atoms with E-state index in [4.69, 9.17) is 0 Å². The Morgan fingerprint density at radius 1 is 1.27 bits per heavy atom. The molecule has 4 nitrogen and oxygen atoms in total. The first-order valence-corrected chi connectivity index (χ1v) is 8.61. The SMILES string of the molecule is CN1CCN(Cc2cnc(-c3ccccc3)s2)CC1CCO. The van der Waals surface area contributed by atoms with E-state index in [-0.39, 0.29) is 6.61 Å². The van der Waals surface area contributed by atoms with Gasteiger partial charge in [-0.1, -0.05) is 30.3 Å². The number of thiazole rings is 1. The molecule has 1 saturated heterocycles. The lowest BCUT2D eigenvalue weighted by Gasteiger charge is -2.39. The summed E-state index contributed by atoms with van der Waals surface area (Å²) in [6.45, 7) is 4.39. The first-order chi connectivity index (χ1) is 10.8. The number of hydrogen-bond acceptors (Lipinski definition) is 5. The lowest BCUT2D eigenvalue weighted by molar-refractivity contribution is 0.0748. The van der Waals surface area contributed by atoms with Crippen LogP contribution in [0.5, 0.6) is 0 Å². The van der Waals surface area contributed by atoms with Gasteiger partial charge in [-0.2, -0.15) is 0 Å². The highest BCUT2D eigenvalue weighted by molar-refractivity contribution is 7.15. The third-order valence-electron chi connectivity index (χ3n) is 4.28. The number of aliphatic hydroxyl groups excluding tert-OH is 1. The van der Waals surface area contributed by atoms with Crippen molar-refractivity contribution in [1.29, 1.82) is 0 Å². The number of nitrogens with zero attached hydrogens (tertiary/aromatic N) is 3. The van der Waals surface area contributed by atoms with Crippen LogP contribution >= 0.6 is 11.3 Å². The Kier molecular flexibility index (Phi) is 5.20. The summed E-state index contributed by atoms with van der Waals surface area (Å²) >= 11 is 1.78. The lowest BCUT2D eigenvalue weighted by atomic mass is 10.1. The third kappa shape index (κ3) is 3.73. The minimum absolute atomic E-state index is 0.265. The highest BCUT2D eigenvalue weighted by atomic mass is 32.1. The Morgan fingerprint density at radius 3 is 2.86 bits per heavy atom. The minimum atomic E-state index is 0.265. The highest BCUT2D eigenvalue weighted by Crippen LogP contribution is 2.26. The van der Waals surface area contributed by atoms with E-state index in [9.17, 15) is 5.11 Å². The molecule has 1 atom stereocenters. The fourth-order valence-electron chi connectivity index (χ4n) is 2.93. The molecule has 0 radical (unpaired) electrons. The van der Waals surface area contributed by atoms with Gasteiger partial charge in [0.05, 0.1) is 0 Å². The average Bonchev–Trinajstić information content (AvgIpc) is 3.00. The topological polar surface area (TPSA) is 39.6 Å². The number of rotatable bonds is 5. The molecule has 1 aromatic heterocycles. The van der Waals surface area contributed by atoms with Crippen molar-refractivity contribution in [1.82, 2.24) is 14.8 Å². The van der Waals surface area contributed by atoms with Crippen LogP contribution in [0.3, 0.4) is 0 Å². The fourth-order valence-corrected chi connectivity index (χ4v) is 3.89. The molecule has 1 N–H and O–H groups in total. The predicted octanol–water partition coefficient (Wildman–Crippen LogP) is 2.31. The van der Waals surface area contributed by atoms with Crippen molar-refractivity contribution in [3.8, 4) is 10.6 Å². The third-order valence-corrected chi connectivity index (χ3v) is 5.31. The van der Waals surface area contributed by atoms with Gasteiger partial charge in [0.25, 0.3) is 0 Å². The molecule has 5 heteroatoms. The molecule has 0 bridgehead atoms. The van der Waals surface area contributed by atoms with E-state index in [1.54, 1.807) is 11.3 Å². The van der Waals surface area contributed by atoms with Crippen molar-refractivity contribution in [2.75, 3.05) is 33.3 Å². The van der Waals surface area contributed by atoms with Crippen LogP contribution < -0.4 is 0 Å². The monoisotopic (exact) mass is 317 g/mol. The van der Waals surface area contributed by atoms with Gasteiger partial charge in [0.2, 0.25) is 0 Å². The Balaban J connectivity index is 1.63. The quantitative estimate of drug-likeness (QED) is 0.918. The summed E-state index contributed by atoms with van der Waals surface area (Å²) in [5, 5.41) is 10.3. The van der Waals surface area contributed by atoms with Crippen LogP contribution in [0.25, 0.3) is 10.6 Å². The van der Waals surface area contributed by atoms with Gasteiger partial charge in [0, 0.05) is 55.5 Å². The summed E-state index contributed by atoms with van der Waals surface area (Å²) in [7, 11) is 2.15. The molecule has 0 saturated carbocycles. The molecule has 1 aliphatic heterocycles. The van der Waals surface area contributed by atoms with Crippen LogP contribution in [-0.4, -0.2) is 59.2 Å². The summed E-state index contributed by atoms with van der Waals surface area (Å²) < 4.78 is 0. The molecule has 2 aromatic rings. The smallest absolute Gasteiger partial charge is 0.123 e. The van der Waals surface area contributed by atoms with Gasteiger partial charge in [-0.3, -0.25) is 4.90 Å². The first-order valence-electron chi connectivity index (χ1n) is 7.80. The van der Waals surface area contributed by atoms with Crippen molar-refractivity contribution >= 4 is 11.3 Å². The predicted molar refractivity (Wildman–Crippen MR) is 90.9 cm³/mol. The normalized spacial score (nSPS) is 20.4. The molecule has 118 valence electrons. The second-order valence-corrected chi connectivity index (χ2v) is 6.99. The van der Waals surface area contributed by atoms with E-state index < -0.39 is 0 Å². The van der Waals surface area contributed by atoms with Crippen LogP contribution in [0.15, 0.2) is 36.5 Å². The molecule has 1 aromatic carbocycles. The summed E-state index contributed by atoms with van der Waals surface area (Å²) in [5.41, 5.74) is 1.19. The van der Waals surface area contributed by atoms with Gasteiger partial charge in [-0.25, -0.2) is 4.98 Å². The summed E-state index contributed by atoms with van der Waals surface area (Å²) in [5.74, 6) is 0. The van der Waals surface area contributed by atoms with Gasteiger partial charge in [0.1, 0.15) is 5.01 Å². The Hall–Kier alpha value is -1.27. The first kappa shape index (κ1) is 15.6. The van der Waals surface area contributed by atoms with E-state index in [0.717, 1.165) is 37.6 Å². The minimum Gasteiger partial charge on any atom is -0.396 e. The molecule has 0 amide bonds. The zero-order chi connectivity index (χ0) is 15.4. The van der Waals surface area contributed by atoms with Gasteiger partial charge in [0.15, 0.2) is 0 Å². The molecule has 3 rings (SSSR count). The maximum absolute atomic E-state index is 9.19. The molecule has 1 fully saturated rings. The van der Waals surface area contributed by atoms with Crippen molar-refractivity contribution in [2.45, 2.75) is 19.0 Å². The highest BCUT2D eigenvalue weighted by Gasteiger charge is 2.24. The zero-order valence-electron chi connectivity index (χ0n) is 13.0. The van der Waals surface area contributed by atoms with Crippen molar-refractivity contribution in [3.05, 3.63) is 41.4 Å². The number of aromatic nitrogens is 1. The molecular weight excluding hydrogens is 294 g/mol. The van der Waals surface area contributed by atoms with Gasteiger partial charge >= 0.3 is 0 Å². The number of aliphatic hydroxyl groups is 1. The second-order valence-electron chi connectivity index (χ2n) is 5.88. The van der Waals surface area contributed by atoms with Gasteiger partial charge in [-0.05, 0) is 13.5 Å². The van der Waals surface area contributed by atoms with E-state index in [0.29, 0.717) is 6.04 Å². The summed E-state index contributed by atoms with van der Waals surface area (Å²) in [6, 6.07) is 10.8. The molecule has 0 spiro atoms. The molecule has 1 unspecified atom stereocenters. The number of piperazine rings is 1. The Bertz CT molecular complexity index is 587. The van der Waals surface area contributed by atoms with Crippen molar-refractivity contribution in [3.63, 3.8) is 0 Å². The summed E-state index contributed by atoms with van der Waals surface area (Å²) in [4.78, 5) is 10.7. The van der Waals surface area contributed by atoms with E-state index in [2.05, 4.69) is 46.1 Å². The standard InChI is InChI=1S/C17H23N3OS/c1-19-8-9-20(12-15(19)7-10-21)13-16-11-18-17(22-16)14-5-3-2-4-6-14/h2-6,11,15,21H,7-10,12-13H2,1H3. The Morgan fingerprint density at radius 2 is 2.09 bits per heavy atom. The van der Waals surface area contributed by atoms with E-state index in [1.807, 2.05) is 12.3 Å². The van der Waals surface area contributed by atoms with E-state index in [1.165, 1.54) is 10.4 Å². The largest absolute Gasteiger partial charge is 0.396 e. The molecule has 1 aliphatic rings. The van der Waals surface area contributed by atoms with Crippen LogP contribution in [0.2, 0.25) is 0 Å². The maximum atomic E-state index is 9.19. The Labute approximate surface area is 136 Å². The molecule has 2 heterocycles. The number of likely N-dealkylation sites (N-methyl/N-ethyl adjacent to an activating group) is 1.